The van der Waals surface area contributed by atoms with E-state index in [1.807, 2.05) is 0 Å². The molecule has 0 atom stereocenters. The topological polar surface area (TPSA) is 84.0 Å². The molecule has 3 amide bonds. The maximum absolute atomic E-state index is 12.7. The minimum Gasteiger partial charge on any atom is -0.465 e. The Morgan fingerprint density at radius 1 is 1.00 bits per heavy atom. The monoisotopic (exact) mass is 396 g/mol. The van der Waals surface area contributed by atoms with E-state index in [9.17, 15) is 19.2 Å². The first-order valence-electron chi connectivity index (χ1n) is 9.66. The van der Waals surface area contributed by atoms with Gasteiger partial charge in [0.1, 0.15) is 6.54 Å². The lowest BCUT2D eigenvalue weighted by atomic mass is 10.1. The van der Waals surface area contributed by atoms with E-state index >= 15 is 0 Å². The minimum absolute atomic E-state index is 0.0103. The second kappa shape index (κ2) is 10.5. The molecular weight excluding hydrogens is 368 g/mol. The van der Waals surface area contributed by atoms with E-state index in [1.54, 1.807) is 6.92 Å². The molecule has 2 aliphatic rings. The molecule has 2 saturated heterocycles. The van der Waals surface area contributed by atoms with E-state index in [2.05, 4.69) is 6.92 Å². The second-order valence-electron chi connectivity index (χ2n) is 6.65. The number of carbonyl (C=O) groups is 4. The van der Waals surface area contributed by atoms with Gasteiger partial charge in [0, 0.05) is 6.54 Å². The number of esters is 1. The Bertz CT molecular complexity index is 632. The predicted molar refractivity (Wildman–Crippen MR) is 103 cm³/mol. The van der Waals surface area contributed by atoms with Gasteiger partial charge in [-0.1, -0.05) is 50.8 Å². The molecule has 0 bridgehead atoms. The maximum atomic E-state index is 12.7. The van der Waals surface area contributed by atoms with Gasteiger partial charge in [0.25, 0.3) is 5.91 Å². The van der Waals surface area contributed by atoms with E-state index in [-0.39, 0.29) is 43.0 Å². The maximum Gasteiger partial charge on any atom is 0.326 e. The molecule has 8 heteroatoms. The highest BCUT2D eigenvalue weighted by atomic mass is 32.2. The smallest absolute Gasteiger partial charge is 0.326 e. The first kappa shape index (κ1) is 21.5. The van der Waals surface area contributed by atoms with Crippen LogP contribution in [0.25, 0.3) is 0 Å². The van der Waals surface area contributed by atoms with E-state index in [1.165, 1.54) is 40.8 Å². The van der Waals surface area contributed by atoms with Crippen LogP contribution in [-0.4, -0.2) is 58.9 Å². The zero-order valence-electron chi connectivity index (χ0n) is 16.1. The molecule has 0 spiro atoms. The van der Waals surface area contributed by atoms with Gasteiger partial charge in [-0.05, 0) is 13.3 Å². The molecule has 7 nitrogen and oxygen atoms in total. The molecule has 27 heavy (non-hydrogen) atoms. The largest absolute Gasteiger partial charge is 0.465 e. The van der Waals surface area contributed by atoms with E-state index in [4.69, 9.17) is 4.74 Å². The van der Waals surface area contributed by atoms with Gasteiger partial charge in [-0.3, -0.25) is 29.0 Å². The molecular formula is C19H28N2O5S. The van der Waals surface area contributed by atoms with Crippen molar-refractivity contribution in [3.63, 3.8) is 0 Å². The molecule has 2 fully saturated rings. The van der Waals surface area contributed by atoms with Gasteiger partial charge in [0.2, 0.25) is 11.8 Å². The van der Waals surface area contributed by atoms with Crippen LogP contribution in [-0.2, 0) is 23.9 Å². The number of hydrogen-bond acceptors (Lipinski definition) is 6. The van der Waals surface area contributed by atoms with Crippen molar-refractivity contribution in [2.75, 3.05) is 25.4 Å². The van der Waals surface area contributed by atoms with Crippen LogP contribution in [0.3, 0.4) is 0 Å². The number of hydrogen-bond donors (Lipinski definition) is 0. The first-order chi connectivity index (χ1) is 13.0. The van der Waals surface area contributed by atoms with Crippen LogP contribution in [0.5, 0.6) is 0 Å². The summed E-state index contributed by atoms with van der Waals surface area (Å²) in [4.78, 5) is 51.4. The lowest BCUT2D eigenvalue weighted by molar-refractivity contribution is -0.146. The quantitative estimate of drug-likeness (QED) is 0.244. The molecule has 0 unspecified atom stereocenters. The van der Waals surface area contributed by atoms with Crippen molar-refractivity contribution in [1.29, 1.82) is 0 Å². The molecule has 0 N–H and O–H groups in total. The summed E-state index contributed by atoms with van der Waals surface area (Å²) < 4.78 is 4.90. The summed E-state index contributed by atoms with van der Waals surface area (Å²) in [6, 6.07) is 0. The Morgan fingerprint density at radius 2 is 1.70 bits per heavy atom. The number of imide groups is 1. The fourth-order valence-corrected chi connectivity index (χ4v) is 4.26. The Hall–Kier alpha value is -1.83. The summed E-state index contributed by atoms with van der Waals surface area (Å²) in [6.45, 7) is 4.27. The van der Waals surface area contributed by atoms with Crippen molar-refractivity contribution in [1.82, 2.24) is 9.80 Å². The summed E-state index contributed by atoms with van der Waals surface area (Å²) in [5.74, 6) is -1.17. The van der Waals surface area contributed by atoms with Crippen molar-refractivity contribution >= 4 is 35.5 Å². The van der Waals surface area contributed by atoms with Gasteiger partial charge in [-0.25, -0.2) is 0 Å². The van der Waals surface area contributed by atoms with Crippen LogP contribution < -0.4 is 0 Å². The van der Waals surface area contributed by atoms with Crippen molar-refractivity contribution in [3.05, 3.63) is 10.6 Å². The summed E-state index contributed by atoms with van der Waals surface area (Å²) in [5, 5.41) is 0.428. The van der Waals surface area contributed by atoms with Crippen LogP contribution in [0, 0.1) is 0 Å². The molecule has 2 rings (SSSR count). The lowest BCUT2D eigenvalue weighted by Gasteiger charge is -2.18. The van der Waals surface area contributed by atoms with Crippen molar-refractivity contribution in [3.8, 4) is 0 Å². The summed E-state index contributed by atoms with van der Waals surface area (Å²) in [6.07, 6.45) is 6.44. The summed E-state index contributed by atoms with van der Waals surface area (Å²) >= 11 is 1.21. The Morgan fingerprint density at radius 3 is 2.41 bits per heavy atom. The van der Waals surface area contributed by atoms with Gasteiger partial charge in [0.05, 0.1) is 29.4 Å². The fraction of sp³-hybridized carbons (Fsp3) is 0.684. The molecule has 0 radical (unpaired) electrons. The number of thioether (sulfide) groups is 1. The fourth-order valence-electron chi connectivity index (χ4n) is 3.19. The Labute approximate surface area is 164 Å². The molecule has 0 aromatic rings. The number of ether oxygens (including phenoxy) is 1. The SMILES string of the molecule is CCCCCCCCN1C(=O)C/C(=C2/SCC(=O)N2CC(=O)OCC)C1=O. The normalized spacial score (nSPS) is 20.1. The molecule has 0 saturated carbocycles. The summed E-state index contributed by atoms with van der Waals surface area (Å²) in [5.41, 5.74) is 0.325. The minimum atomic E-state index is -0.521. The molecule has 150 valence electrons. The van der Waals surface area contributed by atoms with Gasteiger partial charge in [-0.2, -0.15) is 0 Å². The van der Waals surface area contributed by atoms with Crippen LogP contribution >= 0.6 is 11.8 Å². The predicted octanol–water partition coefficient (Wildman–Crippen LogP) is 2.46. The van der Waals surface area contributed by atoms with Crippen LogP contribution in [0.2, 0.25) is 0 Å². The van der Waals surface area contributed by atoms with Crippen LogP contribution in [0.15, 0.2) is 10.6 Å². The highest BCUT2D eigenvalue weighted by Gasteiger charge is 2.40. The number of rotatable bonds is 10. The Balaban J connectivity index is 2.00. The molecule has 0 aromatic carbocycles. The van der Waals surface area contributed by atoms with E-state index in [0.717, 1.165) is 19.3 Å². The van der Waals surface area contributed by atoms with Crippen molar-refractivity contribution in [2.45, 2.75) is 58.8 Å². The lowest BCUT2D eigenvalue weighted by Crippen LogP contribution is -2.33. The second-order valence-corrected chi connectivity index (χ2v) is 7.62. The number of unbranched alkanes of at least 4 members (excludes halogenated alkanes) is 5. The van der Waals surface area contributed by atoms with Gasteiger partial charge in [0.15, 0.2) is 0 Å². The van der Waals surface area contributed by atoms with E-state index in [0.29, 0.717) is 17.1 Å². The molecule has 2 heterocycles. The zero-order valence-corrected chi connectivity index (χ0v) is 16.9. The third-order valence-electron chi connectivity index (χ3n) is 4.60. The molecule has 0 aromatic heterocycles. The molecule has 0 aliphatic carbocycles. The number of amides is 3. The number of nitrogens with zero attached hydrogens (tertiary/aromatic N) is 2. The highest BCUT2D eigenvalue weighted by molar-refractivity contribution is 8.04. The van der Waals surface area contributed by atoms with Gasteiger partial charge in [-0.15, -0.1) is 0 Å². The van der Waals surface area contributed by atoms with Gasteiger partial charge < -0.3 is 4.74 Å². The number of carbonyl (C=O) groups excluding carboxylic acids is 4. The highest BCUT2D eigenvalue weighted by Crippen LogP contribution is 2.36. The van der Waals surface area contributed by atoms with Crippen molar-refractivity contribution < 1.29 is 23.9 Å². The van der Waals surface area contributed by atoms with E-state index < -0.39 is 5.97 Å². The van der Waals surface area contributed by atoms with Crippen molar-refractivity contribution in [2.24, 2.45) is 0 Å². The third-order valence-corrected chi connectivity index (χ3v) is 5.73. The average Bonchev–Trinajstić information content (AvgIpc) is 3.12. The molecule has 2 aliphatic heterocycles. The average molecular weight is 397 g/mol. The van der Waals surface area contributed by atoms with Crippen LogP contribution in [0.4, 0.5) is 0 Å². The standard InChI is InChI=1S/C19H28N2O5S/c1-3-5-6-7-8-9-10-20-15(22)11-14(18(20)25)19-21(16(23)13-27-19)12-17(24)26-4-2/h3-13H2,1-2H3/b19-14-. The first-order valence-corrected chi connectivity index (χ1v) is 10.6. The van der Waals surface area contributed by atoms with Crippen LogP contribution in [0.1, 0.15) is 58.8 Å². The van der Waals surface area contributed by atoms with Gasteiger partial charge >= 0.3 is 5.97 Å². The number of likely N-dealkylation sites (tertiary alicyclic amines) is 1. The third kappa shape index (κ3) is 5.57. The summed E-state index contributed by atoms with van der Waals surface area (Å²) in [7, 11) is 0. The Kier molecular flexibility index (Phi) is 8.34. The zero-order chi connectivity index (χ0) is 19.8.